The van der Waals surface area contributed by atoms with Gasteiger partial charge in [0.05, 0.1) is 10.6 Å². The Bertz CT molecular complexity index is 935. The monoisotopic (exact) mass is 434 g/mol. The number of alkyl halides is 3. The summed E-state index contributed by atoms with van der Waals surface area (Å²) >= 11 is 5.54. The van der Waals surface area contributed by atoms with Crippen molar-refractivity contribution in [2.24, 2.45) is 5.41 Å². The van der Waals surface area contributed by atoms with E-state index in [4.69, 9.17) is 12.2 Å². The molecule has 2 aromatic carbocycles. The van der Waals surface area contributed by atoms with Crippen molar-refractivity contribution in [2.75, 3.05) is 16.8 Å². The lowest BCUT2D eigenvalue weighted by Gasteiger charge is -2.32. The van der Waals surface area contributed by atoms with E-state index in [1.807, 2.05) is 0 Å². The number of rotatable bonds is 3. The summed E-state index contributed by atoms with van der Waals surface area (Å²) in [6.45, 7) is 11.9. The second-order valence-corrected chi connectivity index (χ2v) is 9.89. The van der Waals surface area contributed by atoms with Crippen LogP contribution in [0.2, 0.25) is 0 Å². The average Bonchev–Trinajstić information content (AvgIpc) is 2.61. The van der Waals surface area contributed by atoms with E-state index in [9.17, 15) is 13.2 Å². The van der Waals surface area contributed by atoms with Crippen LogP contribution in [0.4, 0.5) is 24.5 Å². The van der Waals surface area contributed by atoms with Gasteiger partial charge in [0.2, 0.25) is 0 Å². The van der Waals surface area contributed by atoms with Gasteiger partial charge in [0.25, 0.3) is 0 Å². The van der Waals surface area contributed by atoms with Gasteiger partial charge in [0.15, 0.2) is 0 Å². The Morgan fingerprint density at radius 2 is 1.67 bits per heavy atom. The molecule has 0 atom stereocenters. The zero-order chi connectivity index (χ0) is 22.3. The lowest BCUT2D eigenvalue weighted by atomic mass is 9.92. The second kappa shape index (κ2) is 8.22. The van der Waals surface area contributed by atoms with Crippen molar-refractivity contribution in [3.8, 4) is 0 Å². The van der Waals surface area contributed by atoms with E-state index in [1.54, 1.807) is 6.07 Å². The summed E-state index contributed by atoms with van der Waals surface area (Å²) in [7, 11) is 0. The van der Waals surface area contributed by atoms with Gasteiger partial charge in [-0.25, -0.2) is 0 Å². The topological polar surface area (TPSA) is 15.3 Å². The molecule has 0 amide bonds. The van der Waals surface area contributed by atoms with Gasteiger partial charge in [0, 0.05) is 30.9 Å². The fourth-order valence-electron chi connectivity index (χ4n) is 3.94. The number of anilines is 2. The van der Waals surface area contributed by atoms with Gasteiger partial charge in [-0.2, -0.15) is 13.2 Å². The molecule has 0 saturated carbocycles. The summed E-state index contributed by atoms with van der Waals surface area (Å²) in [6, 6.07) is 8.35. The van der Waals surface area contributed by atoms with E-state index < -0.39 is 11.7 Å². The normalized spacial score (nSPS) is 14.5. The van der Waals surface area contributed by atoms with E-state index >= 15 is 0 Å². The van der Waals surface area contributed by atoms with Crippen molar-refractivity contribution in [1.29, 1.82) is 0 Å². The van der Waals surface area contributed by atoms with Crippen LogP contribution in [0.15, 0.2) is 30.3 Å². The SMILES string of the molecule is Cc1cc(N2CCc3cc(C(F)(F)F)ccc3C2)cc(C)c1NC(=S)CC(C)(C)C. The highest BCUT2D eigenvalue weighted by molar-refractivity contribution is 7.80. The van der Waals surface area contributed by atoms with Crippen molar-refractivity contribution >= 4 is 28.6 Å². The third-order valence-corrected chi connectivity index (χ3v) is 5.63. The lowest BCUT2D eigenvalue weighted by molar-refractivity contribution is -0.137. The molecule has 0 radical (unpaired) electrons. The van der Waals surface area contributed by atoms with E-state index in [0.29, 0.717) is 19.5 Å². The number of benzene rings is 2. The van der Waals surface area contributed by atoms with Crippen molar-refractivity contribution in [2.45, 2.75) is 60.2 Å². The summed E-state index contributed by atoms with van der Waals surface area (Å²) in [5, 5.41) is 3.41. The van der Waals surface area contributed by atoms with E-state index in [0.717, 1.165) is 45.0 Å². The molecule has 6 heteroatoms. The average molecular weight is 435 g/mol. The fraction of sp³-hybridized carbons (Fsp3) is 0.458. The van der Waals surface area contributed by atoms with Crippen LogP contribution < -0.4 is 10.2 Å². The summed E-state index contributed by atoms with van der Waals surface area (Å²) < 4.78 is 38.9. The number of fused-ring (bicyclic) bond motifs is 1. The third kappa shape index (κ3) is 5.34. The Balaban J connectivity index is 1.79. The molecule has 2 aromatic rings. The van der Waals surface area contributed by atoms with Crippen molar-refractivity contribution in [3.05, 3.63) is 58.1 Å². The molecule has 1 heterocycles. The van der Waals surface area contributed by atoms with Crippen LogP contribution >= 0.6 is 12.2 Å². The van der Waals surface area contributed by atoms with Gasteiger partial charge in [0.1, 0.15) is 0 Å². The molecule has 0 saturated heterocycles. The Kier molecular flexibility index (Phi) is 6.19. The van der Waals surface area contributed by atoms with Gasteiger partial charge in [-0.15, -0.1) is 0 Å². The number of hydrogen-bond acceptors (Lipinski definition) is 2. The molecule has 0 unspecified atom stereocenters. The molecule has 0 aromatic heterocycles. The van der Waals surface area contributed by atoms with E-state index in [2.05, 4.69) is 57.0 Å². The van der Waals surface area contributed by atoms with Crippen LogP contribution in [0, 0.1) is 19.3 Å². The maximum absolute atomic E-state index is 13.0. The third-order valence-electron chi connectivity index (χ3n) is 5.38. The Labute approximate surface area is 182 Å². The Hall–Kier alpha value is -2.08. The molecular formula is C24H29F3N2S. The molecule has 2 nitrogen and oxygen atoms in total. The van der Waals surface area contributed by atoms with Crippen LogP contribution in [0.25, 0.3) is 0 Å². The van der Waals surface area contributed by atoms with Crippen LogP contribution in [0.3, 0.4) is 0 Å². The summed E-state index contributed by atoms with van der Waals surface area (Å²) in [5.41, 5.74) is 5.66. The zero-order valence-corrected chi connectivity index (χ0v) is 19.0. The Morgan fingerprint density at radius 3 is 2.23 bits per heavy atom. The Morgan fingerprint density at radius 1 is 1.03 bits per heavy atom. The van der Waals surface area contributed by atoms with Crippen LogP contribution in [0.1, 0.15) is 55.0 Å². The lowest BCUT2D eigenvalue weighted by Crippen LogP contribution is -2.30. The van der Waals surface area contributed by atoms with Gasteiger partial charge in [-0.05, 0) is 72.2 Å². The minimum Gasteiger partial charge on any atom is -0.367 e. The smallest absolute Gasteiger partial charge is 0.367 e. The first-order valence-electron chi connectivity index (χ1n) is 10.2. The van der Waals surface area contributed by atoms with Crippen molar-refractivity contribution in [1.82, 2.24) is 0 Å². The molecule has 3 rings (SSSR count). The van der Waals surface area contributed by atoms with E-state index in [1.165, 1.54) is 12.1 Å². The molecule has 0 fully saturated rings. The molecule has 162 valence electrons. The fourth-order valence-corrected chi connectivity index (χ4v) is 4.47. The number of nitrogens with zero attached hydrogens (tertiary/aromatic N) is 1. The number of aryl methyl sites for hydroxylation is 2. The molecule has 1 aliphatic rings. The van der Waals surface area contributed by atoms with Crippen molar-refractivity contribution in [3.63, 3.8) is 0 Å². The zero-order valence-electron chi connectivity index (χ0n) is 18.2. The van der Waals surface area contributed by atoms with Gasteiger partial charge < -0.3 is 10.2 Å². The summed E-state index contributed by atoms with van der Waals surface area (Å²) in [5.74, 6) is 0. The number of halogens is 3. The summed E-state index contributed by atoms with van der Waals surface area (Å²) in [4.78, 5) is 3.06. The van der Waals surface area contributed by atoms with Gasteiger partial charge >= 0.3 is 6.18 Å². The van der Waals surface area contributed by atoms with Crippen molar-refractivity contribution < 1.29 is 13.2 Å². The number of nitrogens with one attached hydrogen (secondary N) is 1. The molecule has 1 N–H and O–H groups in total. The van der Waals surface area contributed by atoms with E-state index in [-0.39, 0.29) is 5.41 Å². The first-order valence-corrected chi connectivity index (χ1v) is 10.6. The van der Waals surface area contributed by atoms with Gasteiger partial charge in [-0.1, -0.05) is 39.1 Å². The maximum atomic E-state index is 13.0. The van der Waals surface area contributed by atoms with Crippen LogP contribution in [-0.2, 0) is 19.1 Å². The predicted octanol–water partition coefficient (Wildman–Crippen LogP) is 7.06. The van der Waals surface area contributed by atoms with Gasteiger partial charge in [-0.3, -0.25) is 0 Å². The first-order chi connectivity index (χ1) is 13.8. The first kappa shape index (κ1) is 22.6. The molecule has 0 spiro atoms. The maximum Gasteiger partial charge on any atom is 0.416 e. The molecule has 0 bridgehead atoms. The molecular weight excluding hydrogens is 405 g/mol. The van der Waals surface area contributed by atoms with Crippen LogP contribution in [0.5, 0.6) is 0 Å². The summed E-state index contributed by atoms with van der Waals surface area (Å²) in [6.07, 6.45) is -2.88. The quantitative estimate of drug-likeness (QED) is 0.521. The minimum absolute atomic E-state index is 0.124. The highest BCUT2D eigenvalue weighted by atomic mass is 32.1. The number of hydrogen-bond donors (Lipinski definition) is 1. The highest BCUT2D eigenvalue weighted by Gasteiger charge is 2.31. The largest absolute Gasteiger partial charge is 0.416 e. The number of thiocarbonyl (C=S) groups is 1. The molecule has 0 aliphatic carbocycles. The standard InChI is InChI=1S/C24H29F3N2S/c1-15-10-20(11-16(2)22(15)28-21(30)13-23(3,4)5)29-9-8-17-12-19(24(25,26)27)7-6-18(17)14-29/h6-7,10-12H,8-9,13-14H2,1-5H3,(H,28,30). The molecule has 30 heavy (non-hydrogen) atoms. The second-order valence-electron chi connectivity index (χ2n) is 9.39. The highest BCUT2D eigenvalue weighted by Crippen LogP contribution is 2.34. The minimum atomic E-state index is -4.29. The predicted molar refractivity (Wildman–Crippen MR) is 122 cm³/mol. The molecule has 1 aliphatic heterocycles. The van der Waals surface area contributed by atoms with Crippen LogP contribution in [-0.4, -0.2) is 11.5 Å².